The van der Waals surface area contributed by atoms with Gasteiger partial charge >= 0.3 is 5.97 Å². The van der Waals surface area contributed by atoms with Crippen molar-refractivity contribution in [1.29, 1.82) is 0 Å². The number of hydrogen-bond acceptors (Lipinski definition) is 2. The highest BCUT2D eigenvalue weighted by Crippen LogP contribution is 2.36. The molecule has 1 rings (SSSR count). The molecule has 0 heterocycles. The maximum absolute atomic E-state index is 11.4. The van der Waals surface area contributed by atoms with Crippen LogP contribution in [0.15, 0.2) is 0 Å². The van der Waals surface area contributed by atoms with Gasteiger partial charge in [-0.25, -0.2) is 0 Å². The summed E-state index contributed by atoms with van der Waals surface area (Å²) in [7, 11) is 0. The molecule has 1 aliphatic carbocycles. The lowest BCUT2D eigenvalue weighted by atomic mass is 9.89. The quantitative estimate of drug-likeness (QED) is 0.722. The molecular formula is C11H19NO3. The Kier molecular flexibility index (Phi) is 3.37. The Morgan fingerprint density at radius 1 is 1.47 bits per heavy atom. The third-order valence-corrected chi connectivity index (χ3v) is 3.02. The molecule has 0 saturated heterocycles. The van der Waals surface area contributed by atoms with Gasteiger partial charge in [0.15, 0.2) is 0 Å². The van der Waals surface area contributed by atoms with Gasteiger partial charge in [0, 0.05) is 13.0 Å². The Bertz CT molecular complexity index is 273. The number of amides is 1. The zero-order valence-electron chi connectivity index (χ0n) is 9.54. The van der Waals surface area contributed by atoms with E-state index in [2.05, 4.69) is 12.2 Å². The third kappa shape index (κ3) is 3.53. The van der Waals surface area contributed by atoms with Crippen LogP contribution >= 0.6 is 0 Å². The molecule has 1 amide bonds. The number of carbonyl (C=O) groups excluding carboxylic acids is 1. The molecule has 2 unspecified atom stereocenters. The highest BCUT2D eigenvalue weighted by molar-refractivity contribution is 5.84. The first-order valence-electron chi connectivity index (χ1n) is 5.33. The topological polar surface area (TPSA) is 66.4 Å². The lowest BCUT2D eigenvalue weighted by molar-refractivity contribution is -0.149. The average Bonchev–Trinajstić information content (AvgIpc) is 2.77. The first-order valence-corrected chi connectivity index (χ1v) is 5.33. The van der Waals surface area contributed by atoms with E-state index in [0.29, 0.717) is 18.4 Å². The summed E-state index contributed by atoms with van der Waals surface area (Å²) >= 11 is 0. The number of aliphatic carboxylic acids is 1. The first kappa shape index (κ1) is 12.0. The van der Waals surface area contributed by atoms with Gasteiger partial charge in [0.1, 0.15) is 0 Å². The summed E-state index contributed by atoms with van der Waals surface area (Å²) in [5, 5.41) is 11.6. The predicted octanol–water partition coefficient (Wildman–Crippen LogP) is 1.26. The predicted molar refractivity (Wildman–Crippen MR) is 56.3 cm³/mol. The van der Waals surface area contributed by atoms with E-state index in [-0.39, 0.29) is 12.3 Å². The van der Waals surface area contributed by atoms with E-state index in [0.717, 1.165) is 0 Å². The molecule has 0 bridgehead atoms. The fourth-order valence-corrected chi connectivity index (χ4v) is 1.47. The van der Waals surface area contributed by atoms with Gasteiger partial charge in [-0.3, -0.25) is 9.59 Å². The molecule has 4 nitrogen and oxygen atoms in total. The summed E-state index contributed by atoms with van der Waals surface area (Å²) in [4.78, 5) is 22.2. The number of carboxylic acid groups (broad SMARTS) is 1. The molecule has 0 aromatic rings. The van der Waals surface area contributed by atoms with E-state index < -0.39 is 11.4 Å². The zero-order valence-corrected chi connectivity index (χ0v) is 9.54. The van der Waals surface area contributed by atoms with Crippen LogP contribution in [-0.4, -0.2) is 23.5 Å². The van der Waals surface area contributed by atoms with E-state index in [1.54, 1.807) is 13.8 Å². The maximum Gasteiger partial charge on any atom is 0.309 e. The Morgan fingerprint density at radius 3 is 2.40 bits per heavy atom. The van der Waals surface area contributed by atoms with Crippen molar-refractivity contribution in [1.82, 2.24) is 5.32 Å². The molecule has 2 atom stereocenters. The van der Waals surface area contributed by atoms with Gasteiger partial charge in [0.05, 0.1) is 5.41 Å². The Balaban J connectivity index is 2.26. The minimum atomic E-state index is -0.973. The van der Waals surface area contributed by atoms with Crippen LogP contribution in [0, 0.1) is 17.3 Å². The Hall–Kier alpha value is -1.06. The lowest BCUT2D eigenvalue weighted by Gasteiger charge is -2.18. The van der Waals surface area contributed by atoms with E-state index in [1.807, 2.05) is 0 Å². The largest absolute Gasteiger partial charge is 0.481 e. The summed E-state index contributed by atoms with van der Waals surface area (Å²) < 4.78 is 0. The fourth-order valence-electron chi connectivity index (χ4n) is 1.47. The molecule has 86 valence electrons. The summed E-state index contributed by atoms with van der Waals surface area (Å²) in [6.07, 6.45) is 1.21. The van der Waals surface area contributed by atoms with Gasteiger partial charge in [0.25, 0.3) is 0 Å². The molecule has 1 aliphatic rings. The smallest absolute Gasteiger partial charge is 0.309 e. The van der Waals surface area contributed by atoms with Crippen LogP contribution in [0.3, 0.4) is 0 Å². The van der Waals surface area contributed by atoms with Crippen LogP contribution in [0.5, 0.6) is 0 Å². The van der Waals surface area contributed by atoms with Crippen LogP contribution in [0.4, 0.5) is 0 Å². The van der Waals surface area contributed by atoms with Gasteiger partial charge in [0.2, 0.25) is 5.91 Å². The van der Waals surface area contributed by atoms with Crippen LogP contribution in [0.2, 0.25) is 0 Å². The van der Waals surface area contributed by atoms with E-state index in [9.17, 15) is 9.59 Å². The molecule has 0 spiro atoms. The molecule has 0 aliphatic heterocycles. The maximum atomic E-state index is 11.4. The second kappa shape index (κ2) is 4.21. The van der Waals surface area contributed by atoms with E-state index in [1.165, 1.54) is 6.42 Å². The summed E-state index contributed by atoms with van der Waals surface area (Å²) in [5.41, 5.74) is -0.973. The minimum Gasteiger partial charge on any atom is -0.481 e. The summed E-state index contributed by atoms with van der Waals surface area (Å²) in [5.74, 6) is 0.207. The number of rotatable bonds is 5. The second-order valence-electron chi connectivity index (χ2n) is 5.14. The third-order valence-electron chi connectivity index (χ3n) is 3.02. The van der Waals surface area contributed by atoms with Gasteiger partial charge in [-0.2, -0.15) is 0 Å². The molecule has 1 saturated carbocycles. The van der Waals surface area contributed by atoms with Crippen molar-refractivity contribution >= 4 is 11.9 Å². The van der Waals surface area contributed by atoms with Crippen molar-refractivity contribution in [3.05, 3.63) is 0 Å². The van der Waals surface area contributed by atoms with Crippen molar-refractivity contribution in [2.45, 2.75) is 33.6 Å². The van der Waals surface area contributed by atoms with E-state index >= 15 is 0 Å². The Morgan fingerprint density at radius 2 is 2.00 bits per heavy atom. The molecule has 0 aromatic heterocycles. The van der Waals surface area contributed by atoms with Crippen LogP contribution in [0.25, 0.3) is 0 Å². The first-order chi connectivity index (χ1) is 6.83. The van der Waals surface area contributed by atoms with Crippen LogP contribution < -0.4 is 5.32 Å². The summed E-state index contributed by atoms with van der Waals surface area (Å²) in [6.45, 7) is 5.97. The fraction of sp³-hybridized carbons (Fsp3) is 0.818. The van der Waals surface area contributed by atoms with Crippen molar-refractivity contribution in [3.8, 4) is 0 Å². The molecule has 1 fully saturated rings. The Labute approximate surface area is 90.0 Å². The summed E-state index contributed by atoms with van der Waals surface area (Å²) in [6, 6.07) is 0. The van der Waals surface area contributed by atoms with Gasteiger partial charge in [-0.05, 0) is 32.1 Å². The normalized spacial score (nSPS) is 24.7. The monoisotopic (exact) mass is 213 g/mol. The van der Waals surface area contributed by atoms with Crippen molar-refractivity contribution in [2.24, 2.45) is 17.3 Å². The number of nitrogens with one attached hydrogen (secondary N) is 1. The molecule has 4 heteroatoms. The van der Waals surface area contributed by atoms with Crippen molar-refractivity contribution in [3.63, 3.8) is 0 Å². The highest BCUT2D eigenvalue weighted by Gasteiger charge is 2.34. The second-order valence-corrected chi connectivity index (χ2v) is 5.14. The molecule has 0 aromatic carbocycles. The lowest BCUT2D eigenvalue weighted by Crippen LogP contribution is -2.34. The SMILES string of the molecule is CC1CC1CNC(=O)CC(C)(C)C(=O)O. The van der Waals surface area contributed by atoms with Gasteiger partial charge in [-0.1, -0.05) is 6.92 Å². The highest BCUT2D eigenvalue weighted by atomic mass is 16.4. The number of hydrogen-bond donors (Lipinski definition) is 2. The van der Waals surface area contributed by atoms with Gasteiger partial charge in [-0.15, -0.1) is 0 Å². The molecule has 2 N–H and O–H groups in total. The molecule has 0 radical (unpaired) electrons. The minimum absolute atomic E-state index is 0.0451. The van der Waals surface area contributed by atoms with Crippen LogP contribution in [-0.2, 0) is 9.59 Å². The van der Waals surface area contributed by atoms with Gasteiger partial charge < -0.3 is 10.4 Å². The number of carboxylic acids is 1. The molecular weight excluding hydrogens is 194 g/mol. The van der Waals surface area contributed by atoms with Crippen molar-refractivity contribution < 1.29 is 14.7 Å². The van der Waals surface area contributed by atoms with Crippen molar-refractivity contribution in [2.75, 3.05) is 6.54 Å². The number of carbonyl (C=O) groups is 2. The van der Waals surface area contributed by atoms with E-state index in [4.69, 9.17) is 5.11 Å². The zero-order chi connectivity index (χ0) is 11.6. The average molecular weight is 213 g/mol. The standard InChI is InChI=1S/C11H19NO3/c1-7-4-8(7)6-12-9(13)5-11(2,3)10(14)15/h7-8H,4-6H2,1-3H3,(H,12,13)(H,14,15). The molecule has 15 heavy (non-hydrogen) atoms. The van der Waals surface area contributed by atoms with Crippen LogP contribution in [0.1, 0.15) is 33.6 Å².